The minimum Gasteiger partial charge on any atom is -0.353 e. The monoisotopic (exact) mass is 294 g/mol. The topological polar surface area (TPSA) is 49.4 Å². The molecule has 0 fully saturated rings. The molecular formula is C16H23FN2O2. The fourth-order valence-electron chi connectivity index (χ4n) is 1.99. The van der Waals surface area contributed by atoms with Gasteiger partial charge in [0.2, 0.25) is 5.91 Å². The second kappa shape index (κ2) is 8.52. The fourth-order valence-corrected chi connectivity index (χ4v) is 1.99. The number of nitrogens with zero attached hydrogens (tertiary/aromatic N) is 1. The van der Waals surface area contributed by atoms with E-state index in [0.29, 0.717) is 6.54 Å². The molecule has 0 aliphatic heterocycles. The van der Waals surface area contributed by atoms with Crippen LogP contribution in [0.4, 0.5) is 4.39 Å². The highest BCUT2D eigenvalue weighted by Gasteiger charge is 2.14. The molecule has 116 valence electrons. The van der Waals surface area contributed by atoms with E-state index in [-0.39, 0.29) is 43.1 Å². The Labute approximate surface area is 125 Å². The summed E-state index contributed by atoms with van der Waals surface area (Å²) in [7, 11) is 0. The lowest BCUT2D eigenvalue weighted by Crippen LogP contribution is -2.42. The Hall–Kier alpha value is -1.75. The molecule has 0 radical (unpaired) electrons. The highest BCUT2D eigenvalue weighted by Crippen LogP contribution is 2.04. The molecule has 0 aliphatic rings. The summed E-state index contributed by atoms with van der Waals surface area (Å²) in [6.45, 7) is 6.76. The summed E-state index contributed by atoms with van der Waals surface area (Å²) < 4.78 is 12.8. The first-order valence-electron chi connectivity index (χ1n) is 7.18. The summed E-state index contributed by atoms with van der Waals surface area (Å²) in [5.41, 5.74) is 0.782. The lowest BCUT2D eigenvalue weighted by molar-refractivity contribution is -0.124. The molecule has 4 nitrogen and oxygen atoms in total. The van der Waals surface area contributed by atoms with Gasteiger partial charge in [-0.15, -0.1) is 0 Å². The Bertz CT molecular complexity index is 472. The van der Waals surface area contributed by atoms with E-state index in [1.807, 2.05) is 20.8 Å². The summed E-state index contributed by atoms with van der Waals surface area (Å²) in [6, 6.07) is 5.99. The third-order valence-corrected chi connectivity index (χ3v) is 2.98. The van der Waals surface area contributed by atoms with Gasteiger partial charge in [0.15, 0.2) is 5.78 Å². The zero-order valence-corrected chi connectivity index (χ0v) is 12.9. The fraction of sp³-hybridized carbons (Fsp3) is 0.500. The van der Waals surface area contributed by atoms with Gasteiger partial charge in [-0.1, -0.05) is 19.1 Å². The van der Waals surface area contributed by atoms with Crippen molar-refractivity contribution in [1.82, 2.24) is 10.2 Å². The van der Waals surface area contributed by atoms with Gasteiger partial charge in [0.05, 0.1) is 13.1 Å². The lowest BCUT2D eigenvalue weighted by atomic mass is 10.1. The van der Waals surface area contributed by atoms with Crippen molar-refractivity contribution in [3.63, 3.8) is 0 Å². The maximum absolute atomic E-state index is 12.8. The number of halogens is 1. The molecule has 1 aromatic rings. The van der Waals surface area contributed by atoms with Crippen LogP contribution < -0.4 is 5.32 Å². The van der Waals surface area contributed by atoms with Gasteiger partial charge in [0.1, 0.15) is 5.82 Å². The van der Waals surface area contributed by atoms with Crippen molar-refractivity contribution in [2.75, 3.05) is 19.6 Å². The first-order valence-corrected chi connectivity index (χ1v) is 7.18. The molecule has 1 aromatic carbocycles. The summed E-state index contributed by atoms with van der Waals surface area (Å²) in [5, 5.41) is 2.80. The highest BCUT2D eigenvalue weighted by atomic mass is 19.1. The van der Waals surface area contributed by atoms with Crippen LogP contribution in [0, 0.1) is 5.82 Å². The van der Waals surface area contributed by atoms with Crippen molar-refractivity contribution < 1.29 is 14.0 Å². The van der Waals surface area contributed by atoms with Gasteiger partial charge in [-0.05, 0) is 38.1 Å². The van der Waals surface area contributed by atoms with Crippen LogP contribution in [-0.4, -0.2) is 42.3 Å². The van der Waals surface area contributed by atoms with Crippen LogP contribution in [0.1, 0.15) is 26.3 Å². The van der Waals surface area contributed by atoms with Crippen LogP contribution in [0.25, 0.3) is 0 Å². The van der Waals surface area contributed by atoms with Gasteiger partial charge in [-0.3, -0.25) is 14.5 Å². The number of ketones is 1. The normalized spacial score (nSPS) is 11.0. The number of amides is 1. The summed E-state index contributed by atoms with van der Waals surface area (Å²) >= 11 is 0. The van der Waals surface area contributed by atoms with Crippen LogP contribution in [0.3, 0.4) is 0 Å². The Kier molecular flexibility index (Phi) is 7.02. The molecule has 0 atom stereocenters. The van der Waals surface area contributed by atoms with Crippen molar-refractivity contribution in [2.24, 2.45) is 0 Å². The Morgan fingerprint density at radius 2 is 1.81 bits per heavy atom. The van der Waals surface area contributed by atoms with Crippen molar-refractivity contribution in [1.29, 1.82) is 0 Å². The SMILES string of the molecule is CCN(CC(=O)Cc1ccc(F)cc1)CC(=O)NC(C)C. The second-order valence-electron chi connectivity index (χ2n) is 5.37. The maximum Gasteiger partial charge on any atom is 0.234 e. The van der Waals surface area contributed by atoms with Crippen molar-refractivity contribution in [3.05, 3.63) is 35.6 Å². The maximum atomic E-state index is 12.8. The molecule has 0 heterocycles. The molecule has 5 heteroatoms. The minimum absolute atomic E-state index is 0.0146. The molecule has 0 aliphatic carbocycles. The molecule has 21 heavy (non-hydrogen) atoms. The molecule has 1 amide bonds. The van der Waals surface area contributed by atoms with Gasteiger partial charge in [-0.25, -0.2) is 4.39 Å². The molecule has 0 bridgehead atoms. The molecule has 1 N–H and O–H groups in total. The van der Waals surface area contributed by atoms with E-state index in [1.54, 1.807) is 17.0 Å². The highest BCUT2D eigenvalue weighted by molar-refractivity contribution is 5.84. The lowest BCUT2D eigenvalue weighted by Gasteiger charge is -2.19. The summed E-state index contributed by atoms with van der Waals surface area (Å²) in [6.07, 6.45) is 0.253. The molecule has 0 aromatic heterocycles. The smallest absolute Gasteiger partial charge is 0.234 e. The zero-order valence-electron chi connectivity index (χ0n) is 12.9. The van der Waals surface area contributed by atoms with Crippen LogP contribution in [-0.2, 0) is 16.0 Å². The van der Waals surface area contributed by atoms with Gasteiger partial charge < -0.3 is 5.32 Å². The van der Waals surface area contributed by atoms with Gasteiger partial charge >= 0.3 is 0 Å². The molecule has 1 rings (SSSR count). The number of Topliss-reactive ketones (excluding diaryl/α,β-unsaturated/α-hetero) is 1. The van der Waals surface area contributed by atoms with Crippen molar-refractivity contribution >= 4 is 11.7 Å². The first-order chi connectivity index (χ1) is 9.90. The third-order valence-electron chi connectivity index (χ3n) is 2.98. The molecule has 0 saturated heterocycles. The minimum atomic E-state index is -0.313. The van der Waals surface area contributed by atoms with E-state index >= 15 is 0 Å². The van der Waals surface area contributed by atoms with Crippen molar-refractivity contribution in [3.8, 4) is 0 Å². The summed E-state index contributed by atoms with van der Waals surface area (Å²) in [4.78, 5) is 25.5. The number of hydrogen-bond donors (Lipinski definition) is 1. The van der Waals surface area contributed by atoms with E-state index in [1.165, 1.54) is 12.1 Å². The Morgan fingerprint density at radius 1 is 1.19 bits per heavy atom. The summed E-state index contributed by atoms with van der Waals surface area (Å²) in [5.74, 6) is -0.381. The molecule has 0 saturated carbocycles. The average molecular weight is 294 g/mol. The van der Waals surface area contributed by atoms with E-state index in [0.717, 1.165) is 5.56 Å². The number of carbonyl (C=O) groups is 2. The standard InChI is InChI=1S/C16H23FN2O2/c1-4-19(11-16(21)18-12(2)3)10-15(20)9-13-5-7-14(17)8-6-13/h5-8,12H,4,9-11H2,1-3H3,(H,18,21). The Balaban J connectivity index is 2.47. The molecule has 0 spiro atoms. The van der Waals surface area contributed by atoms with E-state index in [9.17, 15) is 14.0 Å². The number of carbonyl (C=O) groups excluding carboxylic acids is 2. The van der Waals surface area contributed by atoms with Crippen molar-refractivity contribution in [2.45, 2.75) is 33.2 Å². The van der Waals surface area contributed by atoms with E-state index < -0.39 is 0 Å². The molecular weight excluding hydrogens is 271 g/mol. The number of benzene rings is 1. The van der Waals surface area contributed by atoms with Crippen LogP contribution in [0.15, 0.2) is 24.3 Å². The number of hydrogen-bond acceptors (Lipinski definition) is 3. The van der Waals surface area contributed by atoms with Gasteiger partial charge in [-0.2, -0.15) is 0 Å². The quantitative estimate of drug-likeness (QED) is 0.795. The number of likely N-dealkylation sites (N-methyl/N-ethyl adjacent to an activating group) is 1. The Morgan fingerprint density at radius 3 is 2.33 bits per heavy atom. The predicted molar refractivity (Wildman–Crippen MR) is 80.5 cm³/mol. The van der Waals surface area contributed by atoms with Crippen LogP contribution >= 0.6 is 0 Å². The predicted octanol–water partition coefficient (Wildman–Crippen LogP) is 1.78. The van der Waals surface area contributed by atoms with Gasteiger partial charge in [0, 0.05) is 12.5 Å². The van der Waals surface area contributed by atoms with Crippen LogP contribution in [0.2, 0.25) is 0 Å². The second-order valence-corrected chi connectivity index (χ2v) is 5.37. The van der Waals surface area contributed by atoms with Crippen LogP contribution in [0.5, 0.6) is 0 Å². The molecule has 0 unspecified atom stereocenters. The zero-order chi connectivity index (χ0) is 15.8. The first kappa shape index (κ1) is 17.3. The average Bonchev–Trinajstić information content (AvgIpc) is 2.39. The largest absolute Gasteiger partial charge is 0.353 e. The van der Waals surface area contributed by atoms with E-state index in [2.05, 4.69) is 5.32 Å². The third kappa shape index (κ3) is 6.99. The number of nitrogens with one attached hydrogen (secondary N) is 1. The number of rotatable bonds is 8. The van der Waals surface area contributed by atoms with Gasteiger partial charge in [0.25, 0.3) is 0 Å². The van der Waals surface area contributed by atoms with E-state index in [4.69, 9.17) is 0 Å².